The number of Topliss-reactive ketones (excluding diaryl/α,β-unsaturated/α-hetero) is 1. The number of carbonyl (C=O) groups excluding carboxylic acids is 6. The third kappa shape index (κ3) is 16.9. The molecule has 518 valence electrons. The number of nitrogens with two attached hydrogens (primary N) is 2. The van der Waals surface area contributed by atoms with Gasteiger partial charge in [-0.25, -0.2) is 0 Å². The van der Waals surface area contributed by atoms with Crippen molar-refractivity contribution in [3.63, 3.8) is 0 Å². The number of benzene rings is 5. The van der Waals surface area contributed by atoms with Crippen molar-refractivity contribution in [2.45, 2.75) is 171 Å². The summed E-state index contributed by atoms with van der Waals surface area (Å²) in [7, 11) is 0. The van der Waals surface area contributed by atoms with Crippen LogP contribution in [0.15, 0.2) is 78.9 Å². The molecule has 9 bridgehead atoms. The maximum absolute atomic E-state index is 15.5. The number of nitrogens with one attached hydrogen (secondary N) is 5. The van der Waals surface area contributed by atoms with Crippen molar-refractivity contribution in [2.75, 3.05) is 19.7 Å². The highest BCUT2D eigenvalue weighted by Gasteiger charge is 2.51. The van der Waals surface area contributed by atoms with E-state index in [1.807, 2.05) is 13.8 Å². The van der Waals surface area contributed by atoms with Crippen LogP contribution in [0.25, 0.3) is 11.1 Å². The lowest BCUT2D eigenvalue weighted by Crippen LogP contribution is -2.64. The van der Waals surface area contributed by atoms with Gasteiger partial charge in [0.1, 0.15) is 70.9 Å². The van der Waals surface area contributed by atoms with Crippen molar-refractivity contribution in [3.05, 3.63) is 117 Å². The topological polar surface area (TPSA) is 432 Å². The quantitative estimate of drug-likeness (QED) is 0.0693. The molecule has 2 fully saturated rings. The highest BCUT2D eigenvalue weighted by Crippen LogP contribution is 2.49. The van der Waals surface area contributed by atoms with E-state index >= 15 is 9.59 Å². The minimum absolute atomic E-state index is 0.0523. The predicted octanol–water partition coefficient (Wildman–Crippen LogP) is 4.18. The Bertz CT molecular complexity index is 3710. The van der Waals surface area contributed by atoms with Gasteiger partial charge >= 0.3 is 0 Å². The first kappa shape index (κ1) is 72.4. The highest BCUT2D eigenvalue weighted by molar-refractivity contribution is 6.32. The van der Waals surface area contributed by atoms with E-state index in [4.69, 9.17) is 63.1 Å². The Kier molecular flexibility index (Phi) is 23.4. The lowest BCUT2D eigenvalue weighted by atomic mass is 9.84. The Labute approximate surface area is 562 Å². The van der Waals surface area contributed by atoms with Gasteiger partial charge in [0.25, 0.3) is 0 Å². The lowest BCUT2D eigenvalue weighted by molar-refractivity contribution is -0.333. The van der Waals surface area contributed by atoms with Crippen LogP contribution in [0.5, 0.6) is 46.0 Å². The van der Waals surface area contributed by atoms with Gasteiger partial charge in [-0.15, -0.1) is 0 Å². The Morgan fingerprint density at radius 2 is 1.51 bits per heavy atom. The molecule has 6 heterocycles. The molecular weight excluding hydrogens is 1290 g/mol. The summed E-state index contributed by atoms with van der Waals surface area (Å²) in [5.74, 6) is -9.70. The monoisotopic (exact) mass is 1370 g/mol. The maximum Gasteiger partial charge on any atom is 0.247 e. The van der Waals surface area contributed by atoms with Crippen LogP contribution in [0.3, 0.4) is 0 Å². The Morgan fingerprint density at radius 3 is 2.16 bits per heavy atom. The van der Waals surface area contributed by atoms with Gasteiger partial charge in [-0.2, -0.15) is 0 Å². The number of amides is 5. The van der Waals surface area contributed by atoms with Crippen LogP contribution in [-0.4, -0.2) is 163 Å². The molecule has 14 atom stereocenters. The summed E-state index contributed by atoms with van der Waals surface area (Å²) in [6.45, 7) is 7.19. The number of carbonyl (C=O) groups is 6. The third-order valence-electron chi connectivity index (χ3n) is 17.1. The van der Waals surface area contributed by atoms with Gasteiger partial charge in [0.05, 0.1) is 47.4 Å². The molecule has 0 spiro atoms. The fraction of sp³-hybridized carbons (Fsp3) is 0.463. The zero-order chi connectivity index (χ0) is 69.6. The van der Waals surface area contributed by atoms with Crippen molar-refractivity contribution >= 4 is 58.5 Å². The van der Waals surface area contributed by atoms with Crippen LogP contribution < -0.4 is 52.3 Å². The van der Waals surface area contributed by atoms with Crippen molar-refractivity contribution < 1.29 is 98.0 Å². The van der Waals surface area contributed by atoms with Gasteiger partial charge in [-0.1, -0.05) is 62.2 Å². The minimum atomic E-state index is -1.93. The summed E-state index contributed by atoms with van der Waals surface area (Å²) in [5, 5.41) is 105. The fourth-order valence-electron chi connectivity index (χ4n) is 11.9. The maximum atomic E-state index is 15.5. The molecule has 2 saturated heterocycles. The highest BCUT2D eigenvalue weighted by atomic mass is 35.5. The molecule has 96 heavy (non-hydrogen) atoms. The largest absolute Gasteiger partial charge is 0.508 e. The number of primary amides is 1. The molecule has 14 unspecified atom stereocenters. The number of aryl methyl sites for hydroxylation is 1. The summed E-state index contributed by atoms with van der Waals surface area (Å²) in [5.41, 5.74) is 11.1. The standard InChI is InChI=1S/C67H81Cl2N7O20/c1-6-17-72-64(89)55-38-23-36(78)24-45(81)54(38)37-18-33(9-12-43(37)79)27-74-65(90)56-35-21-48(92-46-14-10-32(19-39(46)68)8-13-44(55)80)60(96-66-61(59(86)58(85)50(29-77)94-66)95-53-26-67(5,71)62(87)31(4)91-53)49(22-35)93-47-15-11-34(20-40(47)69)57(84)42(75-52(83)16-7-30(2)3)28-73-41(25-51(70)82)63(88)76-56/h9-12,14-15,18-24,30-31,41-42,50,53,55-59,61-62,66,73,77-79,81,84-87H,6-8,13,16-17,25-29,71H2,1-5H3,(H2,70,82)(H,72,89)(H,74,90)(H,75,83)(H,76,88). The second-order valence-corrected chi connectivity index (χ2v) is 26.0. The number of fused-ring (bicyclic) bond motifs is 15. The Balaban J connectivity index is 1.27. The molecular formula is C67H81Cl2N7O20. The van der Waals surface area contributed by atoms with Crippen LogP contribution >= 0.6 is 23.2 Å². The van der Waals surface area contributed by atoms with E-state index in [1.54, 1.807) is 20.8 Å². The second kappa shape index (κ2) is 31.1. The summed E-state index contributed by atoms with van der Waals surface area (Å²) < 4.78 is 38.7. The Morgan fingerprint density at radius 1 is 0.823 bits per heavy atom. The third-order valence-corrected chi connectivity index (χ3v) is 17.7. The second-order valence-electron chi connectivity index (χ2n) is 25.2. The normalized spacial score (nSPS) is 27.3. The van der Waals surface area contributed by atoms with E-state index in [0.717, 1.165) is 12.1 Å². The van der Waals surface area contributed by atoms with Crippen molar-refractivity contribution in [1.82, 2.24) is 26.6 Å². The van der Waals surface area contributed by atoms with E-state index in [-0.39, 0.29) is 99.6 Å². The number of phenols is 3. The molecule has 0 saturated carbocycles. The number of rotatable bonds is 14. The van der Waals surface area contributed by atoms with Crippen LogP contribution in [-0.2, 0) is 55.9 Å². The molecule has 0 aliphatic carbocycles. The van der Waals surface area contributed by atoms with Crippen LogP contribution in [0, 0.1) is 5.92 Å². The molecule has 5 aromatic carbocycles. The molecule has 5 aromatic rings. The van der Waals surface area contributed by atoms with E-state index in [0.29, 0.717) is 18.4 Å². The van der Waals surface area contributed by atoms with Crippen LogP contribution in [0.1, 0.15) is 119 Å². The SMILES string of the molecule is CCCNC(=O)C1C(=O)CCc2ccc(c(Cl)c2)Oc2cc3cc(c2OC2OC(CO)C(O)C(O)C2OC2CC(C)(N)C(O)C(C)O2)Oc2ccc(cc2Cl)C(O)C(NC(=O)CCC(C)C)CNC(CC(N)=O)C(=O)NC3C(=O)NCc2ccc(O)c(c2)-c2c(O)cc(O)cc21. The zero-order valence-corrected chi connectivity index (χ0v) is 54.8. The number of ketones is 1. The average Bonchev–Trinajstić information content (AvgIpc) is 0.805. The van der Waals surface area contributed by atoms with E-state index in [2.05, 4.69) is 26.6 Å². The number of phenolic OH excluding ortho intramolecular Hbond substituents is 3. The predicted molar refractivity (Wildman–Crippen MR) is 346 cm³/mol. The van der Waals surface area contributed by atoms with Crippen LogP contribution in [0.4, 0.5) is 0 Å². The molecule has 29 heteroatoms. The van der Waals surface area contributed by atoms with E-state index in [9.17, 15) is 60.0 Å². The minimum Gasteiger partial charge on any atom is -0.508 e. The van der Waals surface area contributed by atoms with Gasteiger partial charge in [0.15, 0.2) is 23.9 Å². The van der Waals surface area contributed by atoms with E-state index < -0.39 is 174 Å². The molecule has 17 N–H and O–H groups in total. The number of aliphatic hydroxyl groups excluding tert-OH is 5. The molecule has 0 aromatic heterocycles. The van der Waals surface area contributed by atoms with Crippen molar-refractivity contribution in [2.24, 2.45) is 17.4 Å². The first-order valence-electron chi connectivity index (χ1n) is 31.5. The molecule has 5 amide bonds. The summed E-state index contributed by atoms with van der Waals surface area (Å²) >= 11 is 14.2. The summed E-state index contributed by atoms with van der Waals surface area (Å²) in [6.07, 6.45) is -14.2. The van der Waals surface area contributed by atoms with Crippen LogP contribution in [0.2, 0.25) is 10.0 Å². The van der Waals surface area contributed by atoms with Gasteiger partial charge in [0.2, 0.25) is 41.6 Å². The molecule has 11 rings (SSSR count). The summed E-state index contributed by atoms with van der Waals surface area (Å²) in [4.78, 5) is 86.0. The van der Waals surface area contributed by atoms with Crippen molar-refractivity contribution in [3.8, 4) is 57.1 Å². The molecule has 6 aliphatic heterocycles. The number of ether oxygens (including phenoxy) is 6. The summed E-state index contributed by atoms with van der Waals surface area (Å²) in [6, 6.07) is 12.4. The average molecular weight is 1380 g/mol. The number of aliphatic hydroxyl groups is 5. The number of hydrogen-bond acceptors (Lipinski definition) is 22. The first-order valence-corrected chi connectivity index (χ1v) is 32.2. The molecule has 6 aliphatic rings. The van der Waals surface area contributed by atoms with Gasteiger partial charge in [-0.05, 0) is 121 Å². The zero-order valence-electron chi connectivity index (χ0n) is 53.3. The number of hydrogen-bond donors (Lipinski definition) is 15. The van der Waals surface area contributed by atoms with E-state index in [1.165, 1.54) is 66.7 Å². The molecule has 27 nitrogen and oxygen atoms in total. The first-order chi connectivity index (χ1) is 45.5. The number of halogens is 2. The van der Waals surface area contributed by atoms with Gasteiger partial charge in [-0.3, -0.25) is 28.8 Å². The molecule has 0 radical (unpaired) electrons. The van der Waals surface area contributed by atoms with Crippen molar-refractivity contribution in [1.29, 1.82) is 0 Å². The van der Waals surface area contributed by atoms with Gasteiger partial charge in [0, 0.05) is 61.6 Å². The van der Waals surface area contributed by atoms with Gasteiger partial charge < -0.3 is 107 Å². The fourth-order valence-corrected chi connectivity index (χ4v) is 12.4. The smallest absolute Gasteiger partial charge is 0.247 e. The number of aromatic hydroxyl groups is 3. The lowest BCUT2D eigenvalue weighted by Gasteiger charge is -2.47. The Hall–Kier alpha value is -7.90.